The Hall–Kier alpha value is -1.96. The highest BCUT2D eigenvalue weighted by Gasteiger charge is 2.35. The zero-order valence-electron chi connectivity index (χ0n) is 15.2. The summed E-state index contributed by atoms with van der Waals surface area (Å²) in [5.74, 6) is 3.68. The average molecular weight is 324 g/mol. The molecule has 0 heterocycles. The lowest BCUT2D eigenvalue weighted by molar-refractivity contribution is 0.271. The Morgan fingerprint density at radius 1 is 0.833 bits per heavy atom. The van der Waals surface area contributed by atoms with E-state index in [2.05, 4.69) is 56.3 Å². The van der Waals surface area contributed by atoms with E-state index in [0.717, 1.165) is 11.5 Å². The highest BCUT2D eigenvalue weighted by atomic mass is 16.5. The Morgan fingerprint density at radius 2 is 1.50 bits per heavy atom. The summed E-state index contributed by atoms with van der Waals surface area (Å²) < 4.78 is 11.3. The molecule has 2 heteroatoms. The molecular formula is C22H28O2. The van der Waals surface area contributed by atoms with Gasteiger partial charge in [0.1, 0.15) is 11.5 Å². The molecule has 0 aliphatic heterocycles. The Kier molecular flexibility index (Phi) is 5.13. The van der Waals surface area contributed by atoms with Gasteiger partial charge in [0.15, 0.2) is 0 Å². The van der Waals surface area contributed by atoms with Gasteiger partial charge in [-0.3, -0.25) is 0 Å². The number of hydrogen-bond donors (Lipinski definition) is 0. The van der Waals surface area contributed by atoms with E-state index in [1.165, 1.54) is 36.0 Å². The molecule has 0 saturated heterocycles. The predicted molar refractivity (Wildman–Crippen MR) is 99.2 cm³/mol. The molecule has 0 aromatic heterocycles. The first-order chi connectivity index (χ1) is 11.7. The topological polar surface area (TPSA) is 18.5 Å². The van der Waals surface area contributed by atoms with Gasteiger partial charge in [0.25, 0.3) is 0 Å². The van der Waals surface area contributed by atoms with Gasteiger partial charge in [-0.05, 0) is 60.8 Å². The van der Waals surface area contributed by atoms with Gasteiger partial charge >= 0.3 is 0 Å². The molecule has 0 amide bonds. The van der Waals surface area contributed by atoms with Gasteiger partial charge in [0, 0.05) is 5.56 Å². The van der Waals surface area contributed by atoms with E-state index in [1.54, 1.807) is 14.2 Å². The first kappa shape index (κ1) is 16.9. The van der Waals surface area contributed by atoms with E-state index in [1.807, 2.05) is 0 Å². The Balaban J connectivity index is 1.98. The van der Waals surface area contributed by atoms with Crippen LogP contribution < -0.4 is 9.47 Å². The monoisotopic (exact) mass is 324 g/mol. The van der Waals surface area contributed by atoms with Crippen molar-refractivity contribution in [2.75, 3.05) is 14.2 Å². The summed E-state index contributed by atoms with van der Waals surface area (Å²) in [7, 11) is 3.55. The summed E-state index contributed by atoms with van der Waals surface area (Å²) in [6, 6.07) is 14.9. The fourth-order valence-corrected chi connectivity index (χ4v) is 4.49. The molecule has 3 rings (SSSR count). The molecule has 1 aliphatic carbocycles. The number of para-hydroxylation sites is 1. The Bertz CT molecular complexity index is 692. The van der Waals surface area contributed by atoms with Gasteiger partial charge in [-0.15, -0.1) is 0 Å². The van der Waals surface area contributed by atoms with Crippen LogP contribution in [0.25, 0.3) is 0 Å². The number of ether oxygens (including phenoxy) is 2. The van der Waals surface area contributed by atoms with Crippen LogP contribution in [0.5, 0.6) is 11.5 Å². The zero-order valence-corrected chi connectivity index (χ0v) is 15.2. The number of methoxy groups -OCH3 is 2. The van der Waals surface area contributed by atoms with Crippen molar-refractivity contribution in [1.29, 1.82) is 0 Å². The fraction of sp³-hybridized carbons (Fsp3) is 0.455. The molecule has 1 fully saturated rings. The first-order valence-corrected chi connectivity index (χ1v) is 8.93. The average Bonchev–Trinajstić information content (AvgIpc) is 2.62. The highest BCUT2D eigenvalue weighted by molar-refractivity contribution is 5.44. The molecule has 0 N–H and O–H groups in total. The minimum Gasteiger partial charge on any atom is -0.496 e. The molecule has 2 nitrogen and oxygen atoms in total. The second kappa shape index (κ2) is 7.29. The lowest BCUT2D eigenvalue weighted by Gasteiger charge is -2.38. The lowest BCUT2D eigenvalue weighted by atomic mass is 9.67. The predicted octanol–water partition coefficient (Wildman–Crippen LogP) is 5.70. The van der Waals surface area contributed by atoms with Crippen molar-refractivity contribution in [2.24, 2.45) is 5.92 Å². The Labute approximate surface area is 145 Å². The fourth-order valence-electron chi connectivity index (χ4n) is 4.49. The van der Waals surface area contributed by atoms with Crippen LogP contribution in [0, 0.1) is 12.8 Å². The summed E-state index contributed by atoms with van der Waals surface area (Å²) >= 11 is 0. The maximum atomic E-state index is 5.69. The SMILES string of the molecule is COc1ccccc1C1CCCC(c2c(C)cccc2OC)C1C. The Morgan fingerprint density at radius 3 is 2.25 bits per heavy atom. The van der Waals surface area contributed by atoms with Gasteiger partial charge in [-0.25, -0.2) is 0 Å². The number of aryl methyl sites for hydroxylation is 1. The number of hydrogen-bond acceptors (Lipinski definition) is 2. The minimum absolute atomic E-state index is 0.532. The summed E-state index contributed by atoms with van der Waals surface area (Å²) in [5.41, 5.74) is 4.09. The third kappa shape index (κ3) is 3.02. The molecule has 0 bridgehead atoms. The van der Waals surface area contributed by atoms with E-state index < -0.39 is 0 Å². The molecule has 0 radical (unpaired) electrons. The second-order valence-corrected chi connectivity index (χ2v) is 6.94. The normalized spacial score (nSPS) is 23.8. The van der Waals surface area contributed by atoms with Crippen LogP contribution in [0.4, 0.5) is 0 Å². The summed E-state index contributed by atoms with van der Waals surface area (Å²) in [6.45, 7) is 4.60. The zero-order chi connectivity index (χ0) is 17.1. The molecular weight excluding hydrogens is 296 g/mol. The van der Waals surface area contributed by atoms with E-state index in [0.29, 0.717) is 17.8 Å². The highest BCUT2D eigenvalue weighted by Crippen LogP contribution is 2.50. The van der Waals surface area contributed by atoms with Crippen LogP contribution >= 0.6 is 0 Å². The first-order valence-electron chi connectivity index (χ1n) is 8.93. The van der Waals surface area contributed by atoms with Crippen molar-refractivity contribution >= 4 is 0 Å². The van der Waals surface area contributed by atoms with Crippen molar-refractivity contribution < 1.29 is 9.47 Å². The molecule has 1 saturated carbocycles. The maximum Gasteiger partial charge on any atom is 0.122 e. The molecule has 0 spiro atoms. The van der Waals surface area contributed by atoms with E-state index in [9.17, 15) is 0 Å². The molecule has 24 heavy (non-hydrogen) atoms. The molecule has 2 aromatic rings. The third-order valence-electron chi connectivity index (χ3n) is 5.71. The lowest BCUT2D eigenvalue weighted by Crippen LogP contribution is -2.24. The van der Waals surface area contributed by atoms with Crippen molar-refractivity contribution in [3.8, 4) is 11.5 Å². The number of benzene rings is 2. The van der Waals surface area contributed by atoms with Crippen LogP contribution in [-0.4, -0.2) is 14.2 Å². The van der Waals surface area contributed by atoms with Crippen LogP contribution in [0.15, 0.2) is 42.5 Å². The summed E-state index contributed by atoms with van der Waals surface area (Å²) in [6.07, 6.45) is 3.70. The summed E-state index contributed by atoms with van der Waals surface area (Å²) in [4.78, 5) is 0. The number of rotatable bonds is 4. The molecule has 3 unspecified atom stereocenters. The van der Waals surface area contributed by atoms with E-state index in [-0.39, 0.29) is 0 Å². The van der Waals surface area contributed by atoms with Crippen LogP contribution in [0.1, 0.15) is 54.7 Å². The van der Waals surface area contributed by atoms with Gasteiger partial charge in [0.05, 0.1) is 14.2 Å². The van der Waals surface area contributed by atoms with Crippen molar-refractivity contribution in [2.45, 2.75) is 44.9 Å². The smallest absolute Gasteiger partial charge is 0.122 e. The quantitative estimate of drug-likeness (QED) is 0.718. The van der Waals surface area contributed by atoms with E-state index >= 15 is 0 Å². The molecule has 3 atom stereocenters. The van der Waals surface area contributed by atoms with Crippen LogP contribution in [0.3, 0.4) is 0 Å². The molecule has 2 aromatic carbocycles. The third-order valence-corrected chi connectivity index (χ3v) is 5.71. The maximum absolute atomic E-state index is 5.69. The largest absolute Gasteiger partial charge is 0.496 e. The standard InChI is InChI=1S/C22H28O2/c1-15-9-7-14-21(24-4)22(15)18-12-8-11-17(16(18)2)19-10-5-6-13-20(19)23-3/h5-7,9-10,13-14,16-18H,8,11-12H2,1-4H3. The minimum atomic E-state index is 0.532. The molecule has 1 aliphatic rings. The van der Waals surface area contributed by atoms with Gasteiger partial charge in [0.2, 0.25) is 0 Å². The van der Waals surface area contributed by atoms with Crippen LogP contribution in [0.2, 0.25) is 0 Å². The molecule has 128 valence electrons. The van der Waals surface area contributed by atoms with Crippen molar-refractivity contribution in [1.82, 2.24) is 0 Å². The van der Waals surface area contributed by atoms with Gasteiger partial charge < -0.3 is 9.47 Å². The van der Waals surface area contributed by atoms with Gasteiger partial charge in [-0.1, -0.05) is 43.7 Å². The summed E-state index contributed by atoms with van der Waals surface area (Å²) in [5, 5.41) is 0. The van der Waals surface area contributed by atoms with Gasteiger partial charge in [-0.2, -0.15) is 0 Å². The second-order valence-electron chi connectivity index (χ2n) is 6.94. The van der Waals surface area contributed by atoms with Crippen molar-refractivity contribution in [3.63, 3.8) is 0 Å². The van der Waals surface area contributed by atoms with Crippen LogP contribution in [-0.2, 0) is 0 Å². The van der Waals surface area contributed by atoms with E-state index in [4.69, 9.17) is 9.47 Å². The van der Waals surface area contributed by atoms with Crippen molar-refractivity contribution in [3.05, 3.63) is 59.2 Å².